The zero-order valence-electron chi connectivity index (χ0n) is 10.4. The maximum Gasteiger partial charge on any atom is 0.224 e. The fraction of sp³-hybridized carbons (Fsp3) is 0.462. The van der Waals surface area contributed by atoms with Gasteiger partial charge in [0.1, 0.15) is 0 Å². The Morgan fingerprint density at radius 2 is 2.11 bits per heavy atom. The van der Waals surface area contributed by atoms with E-state index in [1.807, 2.05) is 12.1 Å². The summed E-state index contributed by atoms with van der Waals surface area (Å²) in [6.07, 6.45) is 2.76. The third-order valence-corrected chi connectivity index (χ3v) is 4.35. The van der Waals surface area contributed by atoms with Gasteiger partial charge in [-0.2, -0.15) is 0 Å². The van der Waals surface area contributed by atoms with Crippen LogP contribution >= 0.6 is 39.9 Å². The van der Waals surface area contributed by atoms with Gasteiger partial charge in [-0.25, -0.2) is 0 Å². The van der Waals surface area contributed by atoms with Crippen LogP contribution in [0.3, 0.4) is 0 Å². The molecule has 2 N–H and O–H groups in total. The SMILES string of the molecule is Cl.O=C(CC1CCNCC1)Nc1ccc(Cl)c(Br)c1. The summed E-state index contributed by atoms with van der Waals surface area (Å²) in [4.78, 5) is 11.9. The lowest BCUT2D eigenvalue weighted by atomic mass is 9.94. The Balaban J connectivity index is 0.00000180. The van der Waals surface area contributed by atoms with E-state index in [4.69, 9.17) is 11.6 Å². The Bertz CT molecular complexity index is 437. The minimum Gasteiger partial charge on any atom is -0.326 e. The highest BCUT2D eigenvalue weighted by Crippen LogP contribution is 2.26. The van der Waals surface area contributed by atoms with Crippen LogP contribution in [0.1, 0.15) is 19.3 Å². The quantitative estimate of drug-likeness (QED) is 0.851. The van der Waals surface area contributed by atoms with Gasteiger partial charge in [0.25, 0.3) is 0 Å². The molecule has 1 aromatic rings. The van der Waals surface area contributed by atoms with E-state index < -0.39 is 0 Å². The molecule has 1 heterocycles. The van der Waals surface area contributed by atoms with Gasteiger partial charge in [-0.1, -0.05) is 11.6 Å². The molecule has 0 saturated carbocycles. The van der Waals surface area contributed by atoms with E-state index in [2.05, 4.69) is 26.6 Å². The minimum absolute atomic E-state index is 0. The van der Waals surface area contributed by atoms with Gasteiger partial charge >= 0.3 is 0 Å². The maximum atomic E-state index is 11.9. The summed E-state index contributed by atoms with van der Waals surface area (Å²) >= 11 is 9.25. The van der Waals surface area contributed by atoms with Crippen LogP contribution in [0.5, 0.6) is 0 Å². The first kappa shape index (κ1) is 16.8. The van der Waals surface area contributed by atoms with E-state index in [0.29, 0.717) is 17.4 Å². The van der Waals surface area contributed by atoms with Crippen LogP contribution in [0.4, 0.5) is 5.69 Å². The van der Waals surface area contributed by atoms with E-state index in [0.717, 1.165) is 36.1 Å². The molecule has 0 spiro atoms. The zero-order chi connectivity index (χ0) is 13.0. The molecule has 3 nitrogen and oxygen atoms in total. The second-order valence-electron chi connectivity index (χ2n) is 4.57. The first-order valence-corrected chi connectivity index (χ1v) is 7.28. The molecule has 1 aliphatic heterocycles. The number of carbonyl (C=O) groups is 1. The van der Waals surface area contributed by atoms with Gasteiger partial charge in [-0.3, -0.25) is 4.79 Å². The van der Waals surface area contributed by atoms with Crippen LogP contribution in [0.2, 0.25) is 5.02 Å². The highest BCUT2D eigenvalue weighted by atomic mass is 79.9. The third kappa shape index (κ3) is 5.30. The zero-order valence-corrected chi connectivity index (χ0v) is 13.6. The monoisotopic (exact) mass is 366 g/mol. The summed E-state index contributed by atoms with van der Waals surface area (Å²) in [6, 6.07) is 5.40. The van der Waals surface area contributed by atoms with Crippen molar-refractivity contribution in [1.82, 2.24) is 5.32 Å². The molecule has 0 bridgehead atoms. The molecule has 0 aromatic heterocycles. The predicted molar refractivity (Wildman–Crippen MR) is 85.2 cm³/mol. The van der Waals surface area contributed by atoms with Gasteiger partial charge in [0.2, 0.25) is 5.91 Å². The number of anilines is 1. The van der Waals surface area contributed by atoms with E-state index in [1.54, 1.807) is 6.07 Å². The molecule has 0 unspecified atom stereocenters. The van der Waals surface area contributed by atoms with Crippen LogP contribution in [-0.2, 0) is 4.79 Å². The predicted octanol–water partition coefficient (Wildman–Crippen LogP) is 3.85. The molecule has 1 amide bonds. The summed E-state index contributed by atoms with van der Waals surface area (Å²) in [6.45, 7) is 2.04. The average Bonchev–Trinajstić information content (AvgIpc) is 2.35. The number of carbonyl (C=O) groups excluding carboxylic acids is 1. The molecule has 2 rings (SSSR count). The first-order chi connectivity index (χ1) is 8.65. The van der Waals surface area contributed by atoms with Crippen molar-refractivity contribution in [3.05, 3.63) is 27.7 Å². The second-order valence-corrected chi connectivity index (χ2v) is 5.84. The lowest BCUT2D eigenvalue weighted by Gasteiger charge is -2.21. The standard InChI is InChI=1S/C13H16BrClN2O.ClH/c14-11-8-10(1-2-12(11)15)17-13(18)7-9-3-5-16-6-4-9;/h1-2,8-9,16H,3-7H2,(H,17,18);1H. The molecule has 1 saturated heterocycles. The fourth-order valence-corrected chi connectivity index (χ4v) is 2.63. The Hall–Kier alpha value is -0.290. The lowest BCUT2D eigenvalue weighted by molar-refractivity contribution is -0.117. The number of nitrogens with one attached hydrogen (secondary N) is 2. The lowest BCUT2D eigenvalue weighted by Crippen LogP contribution is -2.30. The summed E-state index contributed by atoms with van der Waals surface area (Å²) in [5.74, 6) is 0.582. The molecule has 1 aromatic carbocycles. The molecule has 6 heteroatoms. The summed E-state index contributed by atoms with van der Waals surface area (Å²) in [5.41, 5.74) is 0.783. The average molecular weight is 368 g/mol. The number of amides is 1. The number of piperidine rings is 1. The smallest absolute Gasteiger partial charge is 0.224 e. The fourth-order valence-electron chi connectivity index (χ4n) is 2.13. The topological polar surface area (TPSA) is 41.1 Å². The van der Waals surface area contributed by atoms with E-state index in [-0.39, 0.29) is 18.3 Å². The van der Waals surface area contributed by atoms with Gasteiger partial charge in [0.05, 0.1) is 5.02 Å². The van der Waals surface area contributed by atoms with E-state index in [1.165, 1.54) is 0 Å². The van der Waals surface area contributed by atoms with E-state index in [9.17, 15) is 4.79 Å². The Morgan fingerprint density at radius 1 is 1.42 bits per heavy atom. The van der Waals surface area contributed by atoms with Crippen molar-refractivity contribution in [2.45, 2.75) is 19.3 Å². The molecular weight excluding hydrogens is 351 g/mol. The van der Waals surface area contributed by atoms with Crippen molar-refractivity contribution >= 4 is 51.5 Å². The van der Waals surface area contributed by atoms with Gasteiger partial charge < -0.3 is 10.6 Å². The number of hydrogen-bond acceptors (Lipinski definition) is 2. The number of benzene rings is 1. The summed E-state index contributed by atoms with van der Waals surface area (Å²) in [7, 11) is 0. The third-order valence-electron chi connectivity index (χ3n) is 3.14. The molecule has 0 radical (unpaired) electrons. The molecule has 0 aliphatic carbocycles. The van der Waals surface area contributed by atoms with Gasteiger partial charge in [0.15, 0.2) is 0 Å². The molecule has 19 heavy (non-hydrogen) atoms. The summed E-state index contributed by atoms with van der Waals surface area (Å²) < 4.78 is 0.795. The maximum absolute atomic E-state index is 11.9. The largest absolute Gasteiger partial charge is 0.326 e. The highest BCUT2D eigenvalue weighted by Gasteiger charge is 2.16. The molecule has 106 valence electrons. The van der Waals surface area contributed by atoms with Gasteiger partial charge in [-0.15, -0.1) is 12.4 Å². The van der Waals surface area contributed by atoms with Crippen molar-refractivity contribution in [2.24, 2.45) is 5.92 Å². The van der Waals surface area contributed by atoms with Crippen molar-refractivity contribution in [1.29, 1.82) is 0 Å². The van der Waals surface area contributed by atoms with Gasteiger partial charge in [-0.05, 0) is 66.0 Å². The van der Waals surface area contributed by atoms with Crippen molar-refractivity contribution in [3.8, 4) is 0 Å². The Labute approximate surface area is 133 Å². The second kappa shape index (κ2) is 8.10. The Kier molecular flexibility index (Phi) is 7.15. The number of rotatable bonds is 3. The molecule has 0 atom stereocenters. The van der Waals surface area contributed by atoms with Crippen LogP contribution in [-0.4, -0.2) is 19.0 Å². The van der Waals surface area contributed by atoms with Gasteiger partial charge in [0, 0.05) is 16.6 Å². The molecule has 1 aliphatic rings. The van der Waals surface area contributed by atoms with Crippen LogP contribution in [0.25, 0.3) is 0 Å². The molecule has 1 fully saturated rings. The van der Waals surface area contributed by atoms with Crippen LogP contribution in [0, 0.1) is 5.92 Å². The number of hydrogen-bond donors (Lipinski definition) is 2. The summed E-state index contributed by atoms with van der Waals surface area (Å²) in [5, 5.41) is 6.85. The minimum atomic E-state index is 0. The van der Waals surface area contributed by atoms with Crippen molar-refractivity contribution < 1.29 is 4.79 Å². The van der Waals surface area contributed by atoms with Crippen LogP contribution < -0.4 is 10.6 Å². The number of halogens is 3. The highest BCUT2D eigenvalue weighted by molar-refractivity contribution is 9.10. The van der Waals surface area contributed by atoms with Crippen molar-refractivity contribution in [3.63, 3.8) is 0 Å². The van der Waals surface area contributed by atoms with Crippen molar-refractivity contribution in [2.75, 3.05) is 18.4 Å². The first-order valence-electron chi connectivity index (χ1n) is 6.11. The molecular formula is C13H17BrCl2N2O. The van der Waals surface area contributed by atoms with E-state index >= 15 is 0 Å². The normalized spacial score (nSPS) is 15.7. The van der Waals surface area contributed by atoms with Crippen LogP contribution in [0.15, 0.2) is 22.7 Å². The Morgan fingerprint density at radius 3 is 2.74 bits per heavy atom.